The summed E-state index contributed by atoms with van der Waals surface area (Å²) in [7, 11) is 0. The molecule has 7 nitrogen and oxygen atoms in total. The fourth-order valence-electron chi connectivity index (χ4n) is 4.01. The lowest BCUT2D eigenvalue weighted by molar-refractivity contribution is 0.0569. The van der Waals surface area contributed by atoms with Crippen LogP contribution in [0.3, 0.4) is 0 Å². The SMILES string of the molecule is Nc1ncc(-c2cccc(Cl)c2)c(-c2c[nH]c(C(=O)N3CCCCC3CCO)c2)n1. The second kappa shape index (κ2) is 8.85. The zero-order chi connectivity index (χ0) is 21.1. The Morgan fingerprint density at radius 3 is 2.97 bits per heavy atom. The predicted octanol–water partition coefficient (Wildman–Crippen LogP) is 3.75. The number of H-pyrrole nitrogens is 1. The molecule has 0 saturated carbocycles. The molecule has 2 aromatic heterocycles. The highest BCUT2D eigenvalue weighted by Gasteiger charge is 2.28. The van der Waals surface area contributed by atoms with Crippen molar-refractivity contribution in [2.45, 2.75) is 31.7 Å². The Morgan fingerprint density at radius 1 is 1.30 bits per heavy atom. The molecule has 1 fully saturated rings. The van der Waals surface area contributed by atoms with Gasteiger partial charge in [-0.05, 0) is 49.4 Å². The molecule has 4 rings (SSSR count). The van der Waals surface area contributed by atoms with Gasteiger partial charge in [-0.25, -0.2) is 9.97 Å². The minimum atomic E-state index is -0.0641. The second-order valence-electron chi connectivity index (χ2n) is 7.46. The molecule has 156 valence electrons. The average molecular weight is 426 g/mol. The molecule has 30 heavy (non-hydrogen) atoms. The molecule has 1 atom stereocenters. The molecule has 0 bridgehead atoms. The van der Waals surface area contributed by atoms with E-state index in [1.807, 2.05) is 23.1 Å². The van der Waals surface area contributed by atoms with E-state index in [4.69, 9.17) is 17.3 Å². The van der Waals surface area contributed by atoms with Gasteiger partial charge >= 0.3 is 0 Å². The minimum Gasteiger partial charge on any atom is -0.396 e. The molecule has 1 aliphatic heterocycles. The van der Waals surface area contributed by atoms with Crippen molar-refractivity contribution in [2.24, 2.45) is 0 Å². The molecule has 4 N–H and O–H groups in total. The van der Waals surface area contributed by atoms with Crippen LogP contribution in [0.25, 0.3) is 22.4 Å². The minimum absolute atomic E-state index is 0.0641. The van der Waals surface area contributed by atoms with Crippen molar-refractivity contribution in [3.63, 3.8) is 0 Å². The number of piperidine rings is 1. The number of rotatable bonds is 5. The number of likely N-dealkylation sites (tertiary alicyclic amines) is 1. The fraction of sp³-hybridized carbons (Fsp3) is 0.318. The third-order valence-corrected chi connectivity index (χ3v) is 5.72. The molecule has 1 unspecified atom stereocenters. The van der Waals surface area contributed by atoms with Gasteiger partial charge in [0.05, 0.1) is 5.69 Å². The van der Waals surface area contributed by atoms with E-state index < -0.39 is 0 Å². The van der Waals surface area contributed by atoms with E-state index in [-0.39, 0.29) is 24.5 Å². The first-order valence-electron chi connectivity index (χ1n) is 10.1. The number of nitrogens with zero attached hydrogens (tertiary/aromatic N) is 3. The highest BCUT2D eigenvalue weighted by atomic mass is 35.5. The fourth-order valence-corrected chi connectivity index (χ4v) is 4.20. The Hall–Kier alpha value is -2.90. The quantitative estimate of drug-likeness (QED) is 0.576. The summed E-state index contributed by atoms with van der Waals surface area (Å²) in [5.41, 5.74) is 9.36. The molecule has 1 amide bonds. The molecule has 1 saturated heterocycles. The number of carbonyl (C=O) groups excluding carboxylic acids is 1. The highest BCUT2D eigenvalue weighted by Crippen LogP contribution is 2.32. The Bertz CT molecular complexity index is 1050. The lowest BCUT2D eigenvalue weighted by Gasteiger charge is -2.35. The third kappa shape index (κ3) is 4.17. The number of amides is 1. The lowest BCUT2D eigenvalue weighted by atomic mass is 9.99. The van der Waals surface area contributed by atoms with Gasteiger partial charge < -0.3 is 20.7 Å². The van der Waals surface area contributed by atoms with E-state index in [0.29, 0.717) is 29.4 Å². The van der Waals surface area contributed by atoms with Crippen molar-refractivity contribution in [1.29, 1.82) is 0 Å². The van der Waals surface area contributed by atoms with E-state index in [1.54, 1.807) is 24.5 Å². The molecule has 3 heterocycles. The summed E-state index contributed by atoms with van der Waals surface area (Å²) < 4.78 is 0. The van der Waals surface area contributed by atoms with Gasteiger partial charge in [0.25, 0.3) is 5.91 Å². The number of halogens is 1. The molecule has 3 aromatic rings. The second-order valence-corrected chi connectivity index (χ2v) is 7.90. The average Bonchev–Trinajstić information content (AvgIpc) is 3.24. The van der Waals surface area contributed by atoms with Crippen molar-refractivity contribution in [3.8, 4) is 22.4 Å². The van der Waals surface area contributed by atoms with E-state index in [2.05, 4.69) is 15.0 Å². The zero-order valence-electron chi connectivity index (χ0n) is 16.5. The van der Waals surface area contributed by atoms with Gasteiger partial charge in [0.2, 0.25) is 5.95 Å². The summed E-state index contributed by atoms with van der Waals surface area (Å²) >= 11 is 6.16. The molecule has 0 spiro atoms. The first kappa shape index (κ1) is 20.4. The van der Waals surface area contributed by atoms with E-state index >= 15 is 0 Å². The summed E-state index contributed by atoms with van der Waals surface area (Å²) in [6.07, 6.45) is 6.99. The van der Waals surface area contributed by atoms with Crippen LogP contribution in [0.4, 0.5) is 5.95 Å². The van der Waals surface area contributed by atoms with Gasteiger partial charge in [0.1, 0.15) is 5.69 Å². The summed E-state index contributed by atoms with van der Waals surface area (Å²) in [4.78, 5) is 26.6. The van der Waals surface area contributed by atoms with Crippen LogP contribution in [0.2, 0.25) is 5.02 Å². The summed E-state index contributed by atoms with van der Waals surface area (Å²) in [6, 6.07) is 9.30. The molecular formula is C22H24ClN5O2. The first-order chi connectivity index (χ1) is 14.6. The van der Waals surface area contributed by atoms with Crippen molar-refractivity contribution >= 4 is 23.5 Å². The van der Waals surface area contributed by atoms with Crippen molar-refractivity contribution < 1.29 is 9.90 Å². The largest absolute Gasteiger partial charge is 0.396 e. The maximum Gasteiger partial charge on any atom is 0.270 e. The van der Waals surface area contributed by atoms with Crippen molar-refractivity contribution in [2.75, 3.05) is 18.9 Å². The van der Waals surface area contributed by atoms with Crippen LogP contribution in [-0.4, -0.2) is 50.1 Å². The van der Waals surface area contributed by atoms with Gasteiger partial charge in [0, 0.05) is 47.7 Å². The van der Waals surface area contributed by atoms with Crippen molar-refractivity contribution in [3.05, 3.63) is 53.4 Å². The highest BCUT2D eigenvalue weighted by molar-refractivity contribution is 6.30. The van der Waals surface area contributed by atoms with Gasteiger partial charge in [-0.1, -0.05) is 23.7 Å². The molecule has 1 aromatic carbocycles. The van der Waals surface area contributed by atoms with Crippen LogP contribution in [-0.2, 0) is 0 Å². The molecule has 0 aliphatic carbocycles. The van der Waals surface area contributed by atoms with Gasteiger partial charge in [-0.15, -0.1) is 0 Å². The molecular weight excluding hydrogens is 402 g/mol. The van der Waals surface area contributed by atoms with Crippen LogP contribution in [0.1, 0.15) is 36.2 Å². The zero-order valence-corrected chi connectivity index (χ0v) is 17.3. The monoisotopic (exact) mass is 425 g/mol. The number of aliphatic hydroxyl groups is 1. The van der Waals surface area contributed by atoms with Gasteiger partial charge in [-0.2, -0.15) is 0 Å². The standard InChI is InChI=1S/C22H24ClN5O2/c23-16-5-3-4-14(10-16)18-13-26-22(24)27-20(18)15-11-19(25-12-15)21(30)28-8-2-1-6-17(28)7-9-29/h3-5,10-13,17,25,29H,1-2,6-9H2,(H2,24,26,27). The molecule has 1 aliphatic rings. The number of hydrogen-bond donors (Lipinski definition) is 3. The number of nitrogens with two attached hydrogens (primary N) is 1. The topological polar surface area (TPSA) is 108 Å². The molecule has 0 radical (unpaired) electrons. The van der Waals surface area contributed by atoms with Crippen LogP contribution in [0, 0.1) is 0 Å². The summed E-state index contributed by atoms with van der Waals surface area (Å²) in [6.45, 7) is 0.777. The number of nitrogens with one attached hydrogen (secondary N) is 1. The Morgan fingerprint density at radius 2 is 2.17 bits per heavy atom. The predicted molar refractivity (Wildman–Crippen MR) is 117 cm³/mol. The van der Waals surface area contributed by atoms with Crippen LogP contribution < -0.4 is 5.73 Å². The summed E-state index contributed by atoms with van der Waals surface area (Å²) in [5.74, 6) is 0.0922. The smallest absolute Gasteiger partial charge is 0.270 e. The van der Waals surface area contributed by atoms with E-state index in [9.17, 15) is 9.90 Å². The number of aromatic amines is 1. The number of carbonyl (C=O) groups is 1. The summed E-state index contributed by atoms with van der Waals surface area (Å²) in [5, 5.41) is 9.96. The Labute approximate surface area is 179 Å². The number of anilines is 1. The number of aromatic nitrogens is 3. The van der Waals surface area contributed by atoms with Crippen molar-refractivity contribution in [1.82, 2.24) is 19.9 Å². The number of nitrogen functional groups attached to an aromatic ring is 1. The third-order valence-electron chi connectivity index (χ3n) is 5.48. The molecule has 8 heteroatoms. The van der Waals surface area contributed by atoms with Gasteiger partial charge in [-0.3, -0.25) is 4.79 Å². The maximum absolute atomic E-state index is 13.1. The van der Waals surface area contributed by atoms with Gasteiger partial charge in [0.15, 0.2) is 0 Å². The lowest BCUT2D eigenvalue weighted by Crippen LogP contribution is -2.44. The van der Waals surface area contributed by atoms with Crippen LogP contribution >= 0.6 is 11.6 Å². The van der Waals surface area contributed by atoms with E-state index in [0.717, 1.165) is 36.0 Å². The number of hydrogen-bond acceptors (Lipinski definition) is 5. The Kier molecular flexibility index (Phi) is 6.01. The van der Waals surface area contributed by atoms with Crippen LogP contribution in [0.15, 0.2) is 42.7 Å². The first-order valence-corrected chi connectivity index (χ1v) is 10.4. The maximum atomic E-state index is 13.1. The Balaban J connectivity index is 1.67. The normalized spacial score (nSPS) is 16.6. The van der Waals surface area contributed by atoms with Crippen LogP contribution in [0.5, 0.6) is 0 Å². The number of aliphatic hydroxyl groups excluding tert-OH is 1. The van der Waals surface area contributed by atoms with E-state index in [1.165, 1.54) is 0 Å². The number of benzene rings is 1.